The summed E-state index contributed by atoms with van der Waals surface area (Å²) < 4.78 is 6.60. The standard InChI is InChI=1S/C19H19ClN6O2/c1-3-25-11-15(18(27)28-2)23-16(25)13-6-4-12(5-7-13)10-26-17-14(9-22-26)8-21-19(20)24-17/h4-9,11,16,23H,3,10H2,1-2H3. The molecule has 9 heteroatoms. The topological polar surface area (TPSA) is 85.2 Å². The lowest BCUT2D eigenvalue weighted by molar-refractivity contribution is -0.136. The van der Waals surface area contributed by atoms with Gasteiger partial charge < -0.3 is 15.0 Å². The summed E-state index contributed by atoms with van der Waals surface area (Å²) >= 11 is 5.90. The highest BCUT2D eigenvalue weighted by atomic mass is 35.5. The first kappa shape index (κ1) is 18.2. The van der Waals surface area contributed by atoms with Crippen molar-refractivity contribution in [2.75, 3.05) is 13.7 Å². The Kier molecular flexibility index (Phi) is 4.87. The number of benzene rings is 1. The van der Waals surface area contributed by atoms with E-state index in [1.165, 1.54) is 7.11 Å². The number of nitrogens with one attached hydrogen (secondary N) is 1. The van der Waals surface area contributed by atoms with Crippen LogP contribution in [0.25, 0.3) is 11.0 Å². The summed E-state index contributed by atoms with van der Waals surface area (Å²) in [5.74, 6) is -0.371. The predicted octanol–water partition coefficient (Wildman–Crippen LogP) is 2.47. The van der Waals surface area contributed by atoms with Crippen LogP contribution >= 0.6 is 11.6 Å². The zero-order chi connectivity index (χ0) is 19.7. The molecule has 1 unspecified atom stereocenters. The number of ether oxygens (including phenoxy) is 1. The number of hydrogen-bond acceptors (Lipinski definition) is 7. The summed E-state index contributed by atoms with van der Waals surface area (Å²) in [4.78, 5) is 22.1. The van der Waals surface area contributed by atoms with Crippen molar-refractivity contribution in [3.8, 4) is 0 Å². The third kappa shape index (κ3) is 3.38. The van der Waals surface area contributed by atoms with Crippen LogP contribution in [0.4, 0.5) is 0 Å². The van der Waals surface area contributed by atoms with Gasteiger partial charge >= 0.3 is 5.97 Å². The van der Waals surface area contributed by atoms with Gasteiger partial charge in [0, 0.05) is 18.9 Å². The van der Waals surface area contributed by atoms with E-state index >= 15 is 0 Å². The van der Waals surface area contributed by atoms with Gasteiger partial charge in [-0.05, 0) is 29.7 Å². The van der Waals surface area contributed by atoms with Gasteiger partial charge in [0.15, 0.2) is 5.65 Å². The fraction of sp³-hybridized carbons (Fsp3) is 0.263. The maximum atomic E-state index is 11.8. The van der Waals surface area contributed by atoms with Gasteiger partial charge in [-0.3, -0.25) is 0 Å². The molecule has 8 nitrogen and oxygen atoms in total. The van der Waals surface area contributed by atoms with Gasteiger partial charge in [0.25, 0.3) is 0 Å². The van der Waals surface area contributed by atoms with Gasteiger partial charge in [0.2, 0.25) is 5.28 Å². The maximum Gasteiger partial charge on any atom is 0.355 e. The largest absolute Gasteiger partial charge is 0.464 e. The molecule has 0 spiro atoms. The second-order valence-corrected chi connectivity index (χ2v) is 6.71. The molecule has 0 radical (unpaired) electrons. The summed E-state index contributed by atoms with van der Waals surface area (Å²) in [5.41, 5.74) is 3.28. The monoisotopic (exact) mass is 398 g/mol. The molecule has 0 fully saturated rings. The van der Waals surface area contributed by atoms with E-state index in [9.17, 15) is 4.79 Å². The third-order valence-electron chi connectivity index (χ3n) is 4.66. The van der Waals surface area contributed by atoms with E-state index < -0.39 is 0 Å². The number of halogens is 1. The van der Waals surface area contributed by atoms with Gasteiger partial charge in [0.05, 0.1) is 25.2 Å². The first-order chi connectivity index (χ1) is 13.6. The number of carbonyl (C=O) groups excluding carboxylic acids is 1. The average molecular weight is 399 g/mol. The van der Waals surface area contributed by atoms with Crippen molar-refractivity contribution in [2.45, 2.75) is 19.6 Å². The molecule has 1 aliphatic heterocycles. The second kappa shape index (κ2) is 7.47. The Morgan fingerprint density at radius 2 is 2.07 bits per heavy atom. The Morgan fingerprint density at radius 1 is 1.29 bits per heavy atom. The van der Waals surface area contributed by atoms with Crippen LogP contribution in [0.1, 0.15) is 24.2 Å². The van der Waals surface area contributed by atoms with E-state index in [1.807, 2.05) is 31.2 Å². The van der Waals surface area contributed by atoms with Crippen LogP contribution in [0.3, 0.4) is 0 Å². The van der Waals surface area contributed by atoms with Gasteiger partial charge in [0.1, 0.15) is 11.9 Å². The first-order valence-corrected chi connectivity index (χ1v) is 9.22. The number of rotatable bonds is 5. The van der Waals surface area contributed by atoms with Crippen LogP contribution in [-0.4, -0.2) is 44.3 Å². The zero-order valence-corrected chi connectivity index (χ0v) is 16.2. The van der Waals surface area contributed by atoms with Gasteiger partial charge in [-0.25, -0.2) is 14.5 Å². The Balaban J connectivity index is 1.52. The van der Waals surface area contributed by atoms with Crippen LogP contribution in [0, 0.1) is 0 Å². The van der Waals surface area contributed by atoms with Gasteiger partial charge in [-0.1, -0.05) is 24.3 Å². The summed E-state index contributed by atoms with van der Waals surface area (Å²) in [7, 11) is 1.38. The quantitative estimate of drug-likeness (QED) is 0.522. The number of methoxy groups -OCH3 is 1. The summed E-state index contributed by atoms with van der Waals surface area (Å²) in [6.45, 7) is 3.37. The van der Waals surface area contributed by atoms with Gasteiger partial charge in [-0.15, -0.1) is 0 Å². The highest BCUT2D eigenvalue weighted by molar-refractivity contribution is 6.28. The van der Waals surface area contributed by atoms with Crippen molar-refractivity contribution in [1.29, 1.82) is 0 Å². The molecular weight excluding hydrogens is 380 g/mol. The van der Waals surface area contributed by atoms with E-state index in [-0.39, 0.29) is 17.4 Å². The molecule has 1 N–H and O–H groups in total. The Bertz CT molecular complexity index is 1050. The lowest BCUT2D eigenvalue weighted by Crippen LogP contribution is -2.28. The minimum atomic E-state index is -0.371. The zero-order valence-electron chi connectivity index (χ0n) is 15.5. The lowest BCUT2D eigenvalue weighted by Gasteiger charge is -2.24. The fourth-order valence-electron chi connectivity index (χ4n) is 3.22. The number of nitrogens with zero attached hydrogens (tertiary/aromatic N) is 5. The molecule has 4 rings (SSSR count). The molecule has 2 aromatic heterocycles. The number of aromatic nitrogens is 4. The first-order valence-electron chi connectivity index (χ1n) is 8.84. The molecule has 144 valence electrons. The van der Waals surface area contributed by atoms with Crippen molar-refractivity contribution in [3.63, 3.8) is 0 Å². The molecule has 1 atom stereocenters. The predicted molar refractivity (Wildman–Crippen MR) is 104 cm³/mol. The Labute approximate surface area is 166 Å². The van der Waals surface area contributed by atoms with Crippen molar-refractivity contribution < 1.29 is 9.53 Å². The van der Waals surface area contributed by atoms with Crippen molar-refractivity contribution in [1.82, 2.24) is 30.0 Å². The molecule has 0 saturated heterocycles. The number of hydrogen-bond donors (Lipinski definition) is 1. The van der Waals surface area contributed by atoms with Crippen molar-refractivity contribution in [2.24, 2.45) is 0 Å². The molecule has 0 saturated carbocycles. The minimum absolute atomic E-state index is 0.106. The Hall–Kier alpha value is -3.13. The Morgan fingerprint density at radius 3 is 2.79 bits per heavy atom. The molecule has 0 amide bonds. The van der Waals surface area contributed by atoms with Crippen LogP contribution < -0.4 is 5.32 Å². The van der Waals surface area contributed by atoms with E-state index in [0.29, 0.717) is 17.9 Å². The lowest BCUT2D eigenvalue weighted by atomic mass is 10.1. The van der Waals surface area contributed by atoms with E-state index in [4.69, 9.17) is 16.3 Å². The van der Waals surface area contributed by atoms with Crippen LogP contribution in [-0.2, 0) is 16.1 Å². The normalized spacial score (nSPS) is 16.2. The number of fused-ring (bicyclic) bond motifs is 1. The van der Waals surface area contributed by atoms with Gasteiger partial charge in [-0.2, -0.15) is 10.1 Å². The number of esters is 1. The highest BCUT2D eigenvalue weighted by Crippen LogP contribution is 2.26. The van der Waals surface area contributed by atoms with Crippen LogP contribution in [0.2, 0.25) is 5.28 Å². The molecule has 1 aromatic carbocycles. The molecule has 28 heavy (non-hydrogen) atoms. The van der Waals surface area contributed by atoms with Crippen molar-refractivity contribution >= 4 is 28.6 Å². The highest BCUT2D eigenvalue weighted by Gasteiger charge is 2.27. The summed E-state index contributed by atoms with van der Waals surface area (Å²) in [6, 6.07) is 8.16. The van der Waals surface area contributed by atoms with E-state index in [1.54, 1.807) is 23.3 Å². The molecule has 0 aliphatic carbocycles. The molecule has 0 bridgehead atoms. The third-order valence-corrected chi connectivity index (χ3v) is 4.85. The van der Waals surface area contributed by atoms with E-state index in [0.717, 1.165) is 23.1 Å². The van der Waals surface area contributed by atoms with Crippen LogP contribution in [0.5, 0.6) is 0 Å². The SMILES string of the molecule is CCN1C=C(C(=O)OC)NC1c1ccc(Cn2ncc3cnc(Cl)nc32)cc1. The molecular formula is C19H19ClN6O2. The van der Waals surface area contributed by atoms with Crippen LogP contribution in [0.15, 0.2) is 48.6 Å². The molecule has 3 aromatic rings. The maximum absolute atomic E-state index is 11.8. The van der Waals surface area contributed by atoms with Crippen molar-refractivity contribution in [3.05, 3.63) is 65.0 Å². The van der Waals surface area contributed by atoms with E-state index in [2.05, 4.69) is 25.3 Å². The smallest absolute Gasteiger partial charge is 0.355 e. The molecule has 1 aliphatic rings. The average Bonchev–Trinajstić information content (AvgIpc) is 3.32. The summed E-state index contributed by atoms with van der Waals surface area (Å²) in [5, 5.41) is 8.63. The molecule has 3 heterocycles. The minimum Gasteiger partial charge on any atom is -0.464 e. The second-order valence-electron chi connectivity index (χ2n) is 6.37. The fourth-order valence-corrected chi connectivity index (χ4v) is 3.35. The summed E-state index contributed by atoms with van der Waals surface area (Å²) in [6.07, 6.45) is 5.07. The number of carbonyl (C=O) groups is 1.